The van der Waals surface area contributed by atoms with Crippen LogP contribution in [-0.4, -0.2) is 16.8 Å². The van der Waals surface area contributed by atoms with Gasteiger partial charge in [0.05, 0.1) is 0 Å². The van der Waals surface area contributed by atoms with Crippen LogP contribution in [0, 0.1) is 6.92 Å². The molecule has 1 aromatic heterocycles. The largest absolute Gasteiger partial charge is 0.508 e. The van der Waals surface area contributed by atoms with Gasteiger partial charge in [-0.1, -0.05) is 0 Å². The van der Waals surface area contributed by atoms with Gasteiger partial charge in [-0.05, 0) is 61.4 Å². The number of aromatic hydroxyl groups is 1. The predicted octanol–water partition coefficient (Wildman–Crippen LogP) is 4.44. The third kappa shape index (κ3) is 3.71. The summed E-state index contributed by atoms with van der Waals surface area (Å²) < 4.78 is 0. The van der Waals surface area contributed by atoms with Crippen molar-refractivity contribution < 1.29 is 9.90 Å². The number of hydrogen-bond acceptors (Lipinski definition) is 3. The highest BCUT2D eigenvalue weighted by atomic mass is 35.5. The first-order valence-electron chi connectivity index (χ1n) is 6.27. The number of thiophene rings is 1. The fourth-order valence-electron chi connectivity index (χ4n) is 1.84. The number of alkyl halides is 1. The van der Waals surface area contributed by atoms with Crippen LogP contribution in [0.15, 0.2) is 36.4 Å². The van der Waals surface area contributed by atoms with Crippen LogP contribution in [0.4, 0.5) is 0 Å². The van der Waals surface area contributed by atoms with Gasteiger partial charge in [0, 0.05) is 21.2 Å². The Balaban J connectivity index is 2.16. The summed E-state index contributed by atoms with van der Waals surface area (Å²) >= 11 is 7.32. The maximum absolute atomic E-state index is 12.1. The van der Waals surface area contributed by atoms with Gasteiger partial charge in [-0.25, -0.2) is 0 Å². The predicted molar refractivity (Wildman–Crippen MR) is 85.0 cm³/mol. The molecule has 0 aliphatic heterocycles. The second kappa shape index (κ2) is 6.73. The first-order chi connectivity index (χ1) is 9.60. The molecule has 1 N–H and O–H groups in total. The average Bonchev–Trinajstić information content (AvgIpc) is 2.84. The van der Waals surface area contributed by atoms with Crippen molar-refractivity contribution in [3.63, 3.8) is 0 Å². The topological polar surface area (TPSA) is 37.3 Å². The molecule has 104 valence electrons. The molecule has 0 bridgehead atoms. The number of allylic oxidation sites excluding steroid dienone is 1. The molecule has 0 radical (unpaired) electrons. The molecule has 4 heteroatoms. The van der Waals surface area contributed by atoms with Crippen molar-refractivity contribution in [1.29, 1.82) is 0 Å². The molecule has 0 spiro atoms. The zero-order valence-electron chi connectivity index (χ0n) is 11.1. The molecule has 0 saturated heterocycles. The molecule has 0 amide bonds. The second-order valence-electron chi connectivity index (χ2n) is 4.43. The van der Waals surface area contributed by atoms with Crippen LogP contribution in [0.5, 0.6) is 5.75 Å². The number of benzene rings is 1. The molecule has 0 aliphatic rings. The molecule has 0 saturated carbocycles. The van der Waals surface area contributed by atoms with Crippen LogP contribution < -0.4 is 0 Å². The van der Waals surface area contributed by atoms with Crippen molar-refractivity contribution in [3.8, 4) is 5.75 Å². The lowest BCUT2D eigenvalue weighted by Gasteiger charge is -2.04. The number of hydrogen-bond donors (Lipinski definition) is 1. The molecular weight excluding hydrogens is 292 g/mol. The highest BCUT2D eigenvalue weighted by Gasteiger charge is 2.07. The van der Waals surface area contributed by atoms with Gasteiger partial charge in [-0.15, -0.1) is 22.9 Å². The second-order valence-corrected chi connectivity index (χ2v) is 6.13. The van der Waals surface area contributed by atoms with E-state index in [4.69, 9.17) is 11.6 Å². The van der Waals surface area contributed by atoms with Crippen molar-refractivity contribution in [2.75, 3.05) is 5.88 Å². The Morgan fingerprint density at radius 1 is 1.35 bits per heavy atom. The number of phenols is 1. The number of carbonyl (C=O) groups is 1. The Labute approximate surface area is 127 Å². The molecule has 0 fully saturated rings. The normalized spacial score (nSPS) is 11.1. The minimum atomic E-state index is -0.0770. The van der Waals surface area contributed by atoms with Gasteiger partial charge in [-0.3, -0.25) is 4.79 Å². The Kier molecular flexibility index (Phi) is 4.99. The smallest absolute Gasteiger partial charge is 0.185 e. The van der Waals surface area contributed by atoms with Gasteiger partial charge in [0.15, 0.2) is 5.78 Å². The van der Waals surface area contributed by atoms with Crippen LogP contribution >= 0.6 is 22.9 Å². The Hall–Kier alpha value is -1.58. The molecule has 0 aliphatic carbocycles. The van der Waals surface area contributed by atoms with Crippen molar-refractivity contribution in [2.24, 2.45) is 0 Å². The third-order valence-electron chi connectivity index (χ3n) is 2.89. The summed E-state index contributed by atoms with van der Waals surface area (Å²) in [5.41, 5.74) is 1.26. The quantitative estimate of drug-likeness (QED) is 0.504. The molecule has 1 aromatic carbocycles. The molecule has 2 rings (SSSR count). The maximum Gasteiger partial charge on any atom is 0.185 e. The van der Waals surface area contributed by atoms with E-state index < -0.39 is 0 Å². The van der Waals surface area contributed by atoms with Gasteiger partial charge >= 0.3 is 0 Å². The average molecular weight is 307 g/mol. The third-order valence-corrected chi connectivity index (χ3v) is 4.04. The standard InChI is InChI=1S/C16H15ClO2S/c1-11-2-4-14(20-11)5-7-16(19)12-3-6-15(18)13(10-12)8-9-17/h2-7,10,18H,8-9H2,1H3/b7-5+. The van der Waals surface area contributed by atoms with Crippen molar-refractivity contribution in [3.05, 3.63) is 57.3 Å². The molecule has 0 atom stereocenters. The summed E-state index contributed by atoms with van der Waals surface area (Å²) in [6, 6.07) is 8.87. The summed E-state index contributed by atoms with van der Waals surface area (Å²) in [5.74, 6) is 0.516. The summed E-state index contributed by atoms with van der Waals surface area (Å²) in [4.78, 5) is 14.4. The van der Waals surface area contributed by atoms with E-state index in [1.807, 2.05) is 25.1 Å². The van der Waals surface area contributed by atoms with E-state index in [9.17, 15) is 9.90 Å². The number of halogens is 1. The lowest BCUT2D eigenvalue weighted by atomic mass is 10.0. The summed E-state index contributed by atoms with van der Waals surface area (Å²) in [7, 11) is 0. The summed E-state index contributed by atoms with van der Waals surface area (Å²) in [6.07, 6.45) is 3.92. The van der Waals surface area contributed by atoms with E-state index in [0.29, 0.717) is 23.4 Å². The SMILES string of the molecule is Cc1ccc(/C=C/C(=O)c2ccc(O)c(CCCl)c2)s1. The molecule has 20 heavy (non-hydrogen) atoms. The number of aryl methyl sites for hydroxylation is 2. The van der Waals surface area contributed by atoms with Gasteiger partial charge in [-0.2, -0.15) is 0 Å². The van der Waals surface area contributed by atoms with E-state index in [2.05, 4.69) is 0 Å². The summed E-state index contributed by atoms with van der Waals surface area (Å²) in [5, 5.41) is 9.67. The highest BCUT2D eigenvalue weighted by molar-refractivity contribution is 7.12. The molecular formula is C16H15ClO2S. The zero-order chi connectivity index (χ0) is 14.5. The number of rotatable bonds is 5. The van der Waals surface area contributed by atoms with Crippen molar-refractivity contribution >= 4 is 34.8 Å². The van der Waals surface area contributed by atoms with E-state index in [1.54, 1.807) is 29.5 Å². The Bertz CT molecular complexity index is 644. The van der Waals surface area contributed by atoms with Gasteiger partial charge in [0.2, 0.25) is 0 Å². The summed E-state index contributed by atoms with van der Waals surface area (Å²) in [6.45, 7) is 2.03. The van der Waals surface area contributed by atoms with Crippen LogP contribution in [0.1, 0.15) is 25.7 Å². The van der Waals surface area contributed by atoms with Crippen LogP contribution in [0.2, 0.25) is 0 Å². The monoisotopic (exact) mass is 306 g/mol. The van der Waals surface area contributed by atoms with E-state index in [1.165, 1.54) is 10.9 Å². The first kappa shape index (κ1) is 14.8. The van der Waals surface area contributed by atoms with E-state index in [0.717, 1.165) is 4.88 Å². The van der Waals surface area contributed by atoms with E-state index in [-0.39, 0.29) is 11.5 Å². The Morgan fingerprint density at radius 3 is 2.80 bits per heavy atom. The lowest BCUT2D eigenvalue weighted by molar-refractivity contribution is 0.104. The number of ketones is 1. The van der Waals surface area contributed by atoms with Crippen LogP contribution in [-0.2, 0) is 6.42 Å². The minimum absolute atomic E-state index is 0.0770. The van der Waals surface area contributed by atoms with E-state index >= 15 is 0 Å². The van der Waals surface area contributed by atoms with Crippen molar-refractivity contribution in [2.45, 2.75) is 13.3 Å². The van der Waals surface area contributed by atoms with Gasteiger partial charge < -0.3 is 5.11 Å². The number of phenolic OH excluding ortho intramolecular Hbond substituents is 1. The van der Waals surface area contributed by atoms with Crippen LogP contribution in [0.3, 0.4) is 0 Å². The fourth-order valence-corrected chi connectivity index (χ4v) is 2.82. The zero-order valence-corrected chi connectivity index (χ0v) is 12.7. The Morgan fingerprint density at radius 2 is 2.15 bits per heavy atom. The first-order valence-corrected chi connectivity index (χ1v) is 7.62. The highest BCUT2D eigenvalue weighted by Crippen LogP contribution is 2.21. The lowest BCUT2D eigenvalue weighted by Crippen LogP contribution is -1.97. The van der Waals surface area contributed by atoms with Gasteiger partial charge in [0.25, 0.3) is 0 Å². The molecule has 0 unspecified atom stereocenters. The fraction of sp³-hybridized carbons (Fsp3) is 0.188. The number of carbonyl (C=O) groups excluding carboxylic acids is 1. The van der Waals surface area contributed by atoms with Crippen LogP contribution in [0.25, 0.3) is 6.08 Å². The minimum Gasteiger partial charge on any atom is -0.508 e. The van der Waals surface area contributed by atoms with Crippen molar-refractivity contribution in [1.82, 2.24) is 0 Å². The molecule has 1 heterocycles. The molecule has 2 nitrogen and oxygen atoms in total. The molecule has 2 aromatic rings. The van der Waals surface area contributed by atoms with Gasteiger partial charge in [0.1, 0.15) is 5.75 Å². The maximum atomic E-state index is 12.1.